The Morgan fingerprint density at radius 3 is 2.59 bits per heavy atom. The van der Waals surface area contributed by atoms with Crippen LogP contribution in [0.15, 0.2) is 18.2 Å². The van der Waals surface area contributed by atoms with Gasteiger partial charge in [0, 0.05) is 12.1 Å². The van der Waals surface area contributed by atoms with Gasteiger partial charge in [0.05, 0.1) is 10.6 Å². The van der Waals surface area contributed by atoms with Gasteiger partial charge in [-0.25, -0.2) is 0 Å². The van der Waals surface area contributed by atoms with Gasteiger partial charge in [-0.15, -0.1) is 0 Å². The van der Waals surface area contributed by atoms with Gasteiger partial charge < -0.3 is 10.2 Å². The van der Waals surface area contributed by atoms with E-state index in [1.54, 1.807) is 0 Å². The Hall–Kier alpha value is -1.27. The molecule has 1 fully saturated rings. The van der Waals surface area contributed by atoms with Crippen LogP contribution in [0.25, 0.3) is 0 Å². The van der Waals surface area contributed by atoms with Gasteiger partial charge >= 0.3 is 6.18 Å². The molecule has 7 heteroatoms. The molecule has 0 aliphatic carbocycles. The van der Waals surface area contributed by atoms with Crippen molar-refractivity contribution in [2.24, 2.45) is 5.92 Å². The molecule has 1 amide bonds. The highest BCUT2D eigenvalue weighted by atomic mass is 35.5. The summed E-state index contributed by atoms with van der Waals surface area (Å²) in [7, 11) is 2.03. The summed E-state index contributed by atoms with van der Waals surface area (Å²) in [5.41, 5.74) is -0.819. The molecule has 1 N–H and O–H groups in total. The first-order valence-electron chi connectivity index (χ1n) is 7.11. The lowest BCUT2D eigenvalue weighted by Crippen LogP contribution is -2.31. The lowest BCUT2D eigenvalue weighted by atomic mass is 9.93. The Morgan fingerprint density at radius 2 is 2.00 bits per heavy atom. The fraction of sp³-hybridized carbons (Fsp3) is 0.533. The summed E-state index contributed by atoms with van der Waals surface area (Å²) in [6.45, 7) is 1.88. The van der Waals surface area contributed by atoms with Crippen LogP contribution in [0.2, 0.25) is 5.02 Å². The van der Waals surface area contributed by atoms with Crippen molar-refractivity contribution in [3.8, 4) is 0 Å². The fourth-order valence-electron chi connectivity index (χ4n) is 2.56. The van der Waals surface area contributed by atoms with Crippen LogP contribution in [0.3, 0.4) is 0 Å². The molecule has 0 radical (unpaired) electrons. The molecule has 0 bridgehead atoms. The molecule has 1 aliphatic rings. The smallest absolute Gasteiger partial charge is 0.326 e. The summed E-state index contributed by atoms with van der Waals surface area (Å²) in [5.74, 6) is 0.0237. The standard InChI is InChI=1S/C15H18ClF3N2O/c1-21-6-4-10(5-7-21)8-14(22)20-11-2-3-13(16)12(9-11)15(17,18)19/h2-3,9-10H,4-8H2,1H3,(H,20,22). The second-order valence-electron chi connectivity index (χ2n) is 5.69. The highest BCUT2D eigenvalue weighted by Gasteiger charge is 2.33. The van der Waals surface area contributed by atoms with Crippen molar-refractivity contribution in [1.29, 1.82) is 0 Å². The topological polar surface area (TPSA) is 32.3 Å². The number of amides is 1. The Labute approximate surface area is 132 Å². The van der Waals surface area contributed by atoms with E-state index < -0.39 is 11.7 Å². The van der Waals surface area contributed by atoms with E-state index in [4.69, 9.17) is 11.6 Å². The highest BCUT2D eigenvalue weighted by molar-refractivity contribution is 6.31. The number of nitrogens with zero attached hydrogens (tertiary/aromatic N) is 1. The Bertz CT molecular complexity index is 540. The first-order chi connectivity index (χ1) is 10.3. The van der Waals surface area contributed by atoms with Crippen LogP contribution in [-0.4, -0.2) is 30.9 Å². The number of likely N-dealkylation sites (tertiary alicyclic amines) is 1. The molecule has 0 unspecified atom stereocenters. The summed E-state index contributed by atoms with van der Waals surface area (Å²) in [5, 5.41) is 2.15. The maximum Gasteiger partial charge on any atom is 0.417 e. The van der Waals surface area contributed by atoms with Gasteiger partial charge in [-0.1, -0.05) is 11.6 Å². The maximum absolute atomic E-state index is 12.8. The Kier molecular flexibility index (Phi) is 5.34. The number of carbonyl (C=O) groups is 1. The molecule has 0 atom stereocenters. The van der Waals surface area contributed by atoms with Gasteiger partial charge in [-0.05, 0) is 57.1 Å². The Morgan fingerprint density at radius 1 is 1.36 bits per heavy atom. The van der Waals surface area contributed by atoms with Crippen LogP contribution in [0.5, 0.6) is 0 Å². The molecule has 2 rings (SSSR count). The van der Waals surface area contributed by atoms with E-state index in [9.17, 15) is 18.0 Å². The largest absolute Gasteiger partial charge is 0.417 e. The second kappa shape index (κ2) is 6.87. The predicted octanol–water partition coefficient (Wildman–Crippen LogP) is 4.03. The summed E-state index contributed by atoms with van der Waals surface area (Å²) in [6, 6.07) is 3.40. The number of piperidine rings is 1. The van der Waals surface area contributed by atoms with E-state index in [1.807, 2.05) is 7.05 Å². The molecule has 3 nitrogen and oxygen atoms in total. The molecule has 1 heterocycles. The predicted molar refractivity (Wildman–Crippen MR) is 79.9 cm³/mol. The average molecular weight is 335 g/mol. The van der Waals surface area contributed by atoms with Crippen molar-refractivity contribution < 1.29 is 18.0 Å². The Balaban J connectivity index is 1.97. The monoisotopic (exact) mass is 334 g/mol. The number of anilines is 1. The average Bonchev–Trinajstić information content (AvgIpc) is 2.42. The molecule has 0 spiro atoms. The minimum atomic E-state index is -4.54. The molecule has 0 aromatic heterocycles. The fourth-order valence-corrected chi connectivity index (χ4v) is 2.79. The third-order valence-corrected chi connectivity index (χ3v) is 4.20. The summed E-state index contributed by atoms with van der Waals surface area (Å²) < 4.78 is 38.3. The number of hydrogen-bond acceptors (Lipinski definition) is 2. The normalized spacial score (nSPS) is 17.5. The van der Waals surface area contributed by atoms with Crippen LogP contribution >= 0.6 is 11.6 Å². The van der Waals surface area contributed by atoms with Crippen molar-refractivity contribution in [3.63, 3.8) is 0 Å². The van der Waals surface area contributed by atoms with Gasteiger partial charge in [0.2, 0.25) is 5.91 Å². The zero-order chi connectivity index (χ0) is 16.3. The van der Waals surface area contributed by atoms with Crippen LogP contribution < -0.4 is 5.32 Å². The van der Waals surface area contributed by atoms with Crippen LogP contribution in [0.4, 0.5) is 18.9 Å². The number of rotatable bonds is 3. The molecule has 1 aliphatic heterocycles. The molecule has 1 aromatic rings. The van der Waals surface area contributed by atoms with Gasteiger partial charge in [-0.3, -0.25) is 4.79 Å². The maximum atomic E-state index is 12.8. The van der Waals surface area contributed by atoms with Crippen molar-refractivity contribution in [1.82, 2.24) is 4.90 Å². The van der Waals surface area contributed by atoms with Crippen LogP contribution in [0.1, 0.15) is 24.8 Å². The summed E-state index contributed by atoms with van der Waals surface area (Å²) >= 11 is 5.55. The minimum absolute atomic E-state index is 0.120. The second-order valence-corrected chi connectivity index (χ2v) is 6.10. The van der Waals surface area contributed by atoms with E-state index in [0.29, 0.717) is 6.42 Å². The lowest BCUT2D eigenvalue weighted by Gasteiger charge is -2.28. The number of hydrogen-bond donors (Lipinski definition) is 1. The van der Waals surface area contributed by atoms with Crippen molar-refractivity contribution >= 4 is 23.2 Å². The van der Waals surface area contributed by atoms with Crippen molar-refractivity contribution in [2.75, 3.05) is 25.5 Å². The van der Waals surface area contributed by atoms with E-state index >= 15 is 0 Å². The molecule has 22 heavy (non-hydrogen) atoms. The number of carbonyl (C=O) groups excluding carboxylic acids is 1. The zero-order valence-electron chi connectivity index (χ0n) is 12.2. The van der Waals surface area contributed by atoms with E-state index in [1.165, 1.54) is 6.07 Å². The van der Waals surface area contributed by atoms with Crippen molar-refractivity contribution in [2.45, 2.75) is 25.4 Å². The zero-order valence-corrected chi connectivity index (χ0v) is 13.0. The first kappa shape index (κ1) is 17.1. The number of benzene rings is 1. The molecular weight excluding hydrogens is 317 g/mol. The van der Waals surface area contributed by atoms with Crippen LogP contribution in [0, 0.1) is 5.92 Å². The van der Waals surface area contributed by atoms with Gasteiger partial charge in [-0.2, -0.15) is 13.2 Å². The quantitative estimate of drug-likeness (QED) is 0.905. The lowest BCUT2D eigenvalue weighted by molar-refractivity contribution is -0.137. The van der Waals surface area contributed by atoms with Gasteiger partial charge in [0.15, 0.2) is 0 Å². The highest BCUT2D eigenvalue weighted by Crippen LogP contribution is 2.36. The SMILES string of the molecule is CN1CCC(CC(=O)Nc2ccc(Cl)c(C(F)(F)F)c2)CC1. The molecule has 1 aromatic carbocycles. The van der Waals surface area contributed by atoms with Gasteiger partial charge in [0.1, 0.15) is 0 Å². The van der Waals surface area contributed by atoms with Gasteiger partial charge in [0.25, 0.3) is 0 Å². The summed E-state index contributed by atoms with van der Waals surface area (Å²) in [6.07, 6.45) is -2.35. The molecule has 0 saturated carbocycles. The number of halogens is 4. The number of alkyl halides is 3. The van der Waals surface area contributed by atoms with Crippen molar-refractivity contribution in [3.05, 3.63) is 28.8 Å². The first-order valence-corrected chi connectivity index (χ1v) is 7.48. The molecular formula is C15H18ClF3N2O. The molecule has 122 valence electrons. The van der Waals surface area contributed by atoms with E-state index in [2.05, 4.69) is 10.2 Å². The number of nitrogens with one attached hydrogen (secondary N) is 1. The third kappa shape index (κ3) is 4.61. The third-order valence-electron chi connectivity index (χ3n) is 3.87. The summed E-state index contributed by atoms with van der Waals surface area (Å²) in [4.78, 5) is 14.2. The minimum Gasteiger partial charge on any atom is -0.326 e. The molecule has 1 saturated heterocycles. The van der Waals surface area contributed by atoms with E-state index in [-0.39, 0.29) is 22.5 Å². The van der Waals surface area contributed by atoms with Crippen LogP contribution in [-0.2, 0) is 11.0 Å². The van der Waals surface area contributed by atoms with E-state index in [0.717, 1.165) is 38.1 Å².